The Bertz CT molecular complexity index is 3540. The van der Waals surface area contributed by atoms with Crippen molar-refractivity contribution < 1.29 is 45.8 Å². The minimum Gasteiger partial charge on any atom is -0.397 e. The fourth-order valence-electron chi connectivity index (χ4n) is 9.12. The van der Waals surface area contributed by atoms with Gasteiger partial charge in [0.1, 0.15) is 15.8 Å². The van der Waals surface area contributed by atoms with Gasteiger partial charge in [0.25, 0.3) is 10.1 Å². The Hall–Kier alpha value is -8.25. The number of nitrogens with two attached hydrogens (primary N) is 2. The Kier molecular flexibility index (Phi) is 11.7. The molecule has 0 bridgehead atoms. The monoisotopic (exact) mass is 994 g/mol. The summed E-state index contributed by atoms with van der Waals surface area (Å²) in [6.45, 7) is 0. The molecule has 0 amide bonds. The number of benzene rings is 6. The Morgan fingerprint density at radius 2 is 0.845 bits per heavy atom. The van der Waals surface area contributed by atoms with Crippen LogP contribution in [0.2, 0.25) is 0 Å². The van der Waals surface area contributed by atoms with Gasteiger partial charge in [0.15, 0.2) is 23.1 Å². The molecule has 0 saturated heterocycles. The number of carbonyl (C=O) groups excluding carboxylic acids is 4. The molecule has 1 saturated carbocycles. The Morgan fingerprint density at radius 1 is 0.465 bits per heavy atom. The van der Waals surface area contributed by atoms with Gasteiger partial charge in [0, 0.05) is 51.0 Å². The number of nitrogen functional groups attached to an aromatic ring is 2. The molecule has 6 aromatic carbocycles. The van der Waals surface area contributed by atoms with Crippen LogP contribution in [-0.4, -0.2) is 70.8 Å². The molecule has 1 fully saturated rings. The molecule has 0 aliphatic heterocycles. The van der Waals surface area contributed by atoms with Crippen molar-refractivity contribution in [3.8, 4) is 0 Å². The van der Waals surface area contributed by atoms with Crippen LogP contribution in [0, 0.1) is 0 Å². The minimum absolute atomic E-state index is 0.0221. The lowest BCUT2D eigenvalue weighted by molar-refractivity contribution is 0.0980. The second-order valence-corrected chi connectivity index (χ2v) is 19.9. The fraction of sp³-hybridized carbons (Fsp3) is 0.122. The van der Waals surface area contributed by atoms with Gasteiger partial charge in [-0.05, 0) is 61.4 Å². The van der Waals surface area contributed by atoms with Crippen molar-refractivity contribution in [2.45, 2.75) is 47.9 Å². The van der Waals surface area contributed by atoms with Gasteiger partial charge in [-0.3, -0.25) is 23.7 Å². The summed E-state index contributed by atoms with van der Waals surface area (Å²) in [4.78, 5) is 68.1. The molecule has 360 valence electrons. The predicted molar refractivity (Wildman–Crippen MR) is 268 cm³/mol. The summed E-state index contributed by atoms with van der Waals surface area (Å²) in [6.07, 6.45) is 4.95. The third kappa shape index (κ3) is 8.86. The largest absolute Gasteiger partial charge is 0.397 e. The van der Waals surface area contributed by atoms with E-state index in [9.17, 15) is 45.8 Å². The highest BCUT2D eigenvalue weighted by molar-refractivity contribution is 8.19. The van der Waals surface area contributed by atoms with Gasteiger partial charge in [0.2, 0.25) is 17.8 Å². The van der Waals surface area contributed by atoms with Crippen molar-refractivity contribution in [2.24, 2.45) is 0 Å². The Morgan fingerprint density at radius 3 is 1.27 bits per heavy atom. The maximum Gasteiger partial charge on any atom is 0.296 e. The summed E-state index contributed by atoms with van der Waals surface area (Å²) in [5.41, 5.74) is 12.3. The first kappa shape index (κ1) is 46.5. The molecule has 71 heavy (non-hydrogen) atoms. The second kappa shape index (κ2) is 17.9. The number of fused-ring (bicyclic) bond motifs is 4. The van der Waals surface area contributed by atoms with E-state index in [1.807, 2.05) is 0 Å². The quantitative estimate of drug-likeness (QED) is 0.0401. The summed E-state index contributed by atoms with van der Waals surface area (Å²) >= 11 is 0. The van der Waals surface area contributed by atoms with E-state index in [1.165, 1.54) is 24.3 Å². The SMILES string of the molecule is Nc1c(S(O)(O)O)cc(Nc2cccc(Nc3nc(Nc4cccc(Nc5cc(S(=O)(=O)O)c(N)c6c5C(=O)c5ccccc5C6=O)c4)nc(NC4CCCCC4)n3)c2)c2c1C(=O)c1ccccc1C2=O. The van der Waals surface area contributed by atoms with Gasteiger partial charge in [-0.25, -0.2) is 0 Å². The molecule has 0 spiro atoms. The topological polar surface area (TPSA) is 334 Å². The summed E-state index contributed by atoms with van der Waals surface area (Å²) in [5, 5.41) is 15.9. The second-order valence-electron chi connectivity index (χ2n) is 17.0. The van der Waals surface area contributed by atoms with E-state index in [4.69, 9.17) is 11.5 Å². The predicted octanol–water partition coefficient (Wildman–Crippen LogP) is 9.13. The maximum atomic E-state index is 14.0. The smallest absolute Gasteiger partial charge is 0.296 e. The lowest BCUT2D eigenvalue weighted by Crippen LogP contribution is -2.25. The van der Waals surface area contributed by atoms with Crippen LogP contribution in [0.5, 0.6) is 0 Å². The van der Waals surface area contributed by atoms with E-state index in [0.717, 1.165) is 44.2 Å². The van der Waals surface area contributed by atoms with Gasteiger partial charge in [-0.1, -0.05) is 79.9 Å². The van der Waals surface area contributed by atoms with E-state index in [1.54, 1.807) is 72.8 Å². The molecule has 0 atom stereocenters. The highest BCUT2D eigenvalue weighted by Crippen LogP contribution is 2.52. The van der Waals surface area contributed by atoms with Crippen molar-refractivity contribution in [3.63, 3.8) is 0 Å². The van der Waals surface area contributed by atoms with Crippen LogP contribution in [0.15, 0.2) is 119 Å². The molecule has 22 heteroatoms. The van der Waals surface area contributed by atoms with Crippen LogP contribution in [0.4, 0.5) is 63.3 Å². The minimum atomic E-state index is -4.96. The molecule has 3 aliphatic carbocycles. The van der Waals surface area contributed by atoms with E-state index < -0.39 is 65.3 Å². The van der Waals surface area contributed by atoms with E-state index in [0.29, 0.717) is 22.7 Å². The van der Waals surface area contributed by atoms with Crippen LogP contribution >= 0.6 is 10.9 Å². The summed E-state index contributed by atoms with van der Waals surface area (Å²) in [5.74, 6) is -2.00. The van der Waals surface area contributed by atoms with Crippen molar-refractivity contribution in [3.05, 3.63) is 154 Å². The van der Waals surface area contributed by atoms with Crippen molar-refractivity contribution in [1.82, 2.24) is 15.0 Å². The van der Waals surface area contributed by atoms with Crippen LogP contribution < -0.4 is 38.1 Å². The number of hydrogen-bond acceptors (Lipinski definition) is 19. The van der Waals surface area contributed by atoms with Crippen molar-refractivity contribution in [2.75, 3.05) is 38.1 Å². The number of nitrogens with zero attached hydrogens (tertiary/aromatic N) is 3. The van der Waals surface area contributed by atoms with Crippen LogP contribution in [-0.2, 0) is 10.1 Å². The zero-order valence-corrected chi connectivity index (χ0v) is 38.7. The van der Waals surface area contributed by atoms with Crippen LogP contribution in [0.25, 0.3) is 0 Å². The molecule has 0 radical (unpaired) electrons. The highest BCUT2D eigenvalue weighted by Gasteiger charge is 2.38. The molecule has 10 rings (SSSR count). The molecule has 13 N–H and O–H groups in total. The lowest BCUT2D eigenvalue weighted by atomic mass is 9.82. The average Bonchev–Trinajstić information content (AvgIpc) is 3.33. The number of carbonyl (C=O) groups is 4. The van der Waals surface area contributed by atoms with E-state index in [2.05, 4.69) is 41.5 Å². The first-order chi connectivity index (χ1) is 33.9. The molecule has 20 nitrogen and oxygen atoms in total. The number of aromatic nitrogens is 3. The van der Waals surface area contributed by atoms with Gasteiger partial charge < -0.3 is 51.7 Å². The highest BCUT2D eigenvalue weighted by atomic mass is 32.3. The third-order valence-electron chi connectivity index (χ3n) is 12.3. The van der Waals surface area contributed by atoms with Gasteiger partial charge in [-0.2, -0.15) is 23.4 Å². The fourth-order valence-corrected chi connectivity index (χ4v) is 10.4. The number of anilines is 11. The number of rotatable bonds is 12. The third-order valence-corrected chi connectivity index (χ3v) is 14.2. The van der Waals surface area contributed by atoms with Crippen molar-refractivity contribution in [1.29, 1.82) is 0 Å². The zero-order chi connectivity index (χ0) is 49.9. The van der Waals surface area contributed by atoms with Gasteiger partial charge in [0.05, 0.1) is 49.9 Å². The first-order valence-corrected chi connectivity index (χ1v) is 25.0. The molecular weight excluding hydrogens is 953 g/mol. The van der Waals surface area contributed by atoms with Crippen LogP contribution in [0.3, 0.4) is 0 Å². The average molecular weight is 995 g/mol. The Labute approximate surface area is 406 Å². The molecule has 1 heterocycles. The molecule has 0 unspecified atom stereocenters. The summed E-state index contributed by atoms with van der Waals surface area (Å²) in [6, 6.07) is 27.8. The number of hydrogen-bond donors (Lipinski definition) is 11. The Balaban J connectivity index is 0.965. The van der Waals surface area contributed by atoms with Crippen molar-refractivity contribution >= 4 is 107 Å². The van der Waals surface area contributed by atoms with E-state index in [-0.39, 0.29) is 79.8 Å². The van der Waals surface area contributed by atoms with Gasteiger partial charge in [-0.15, -0.1) is 0 Å². The van der Waals surface area contributed by atoms with Gasteiger partial charge >= 0.3 is 0 Å². The summed E-state index contributed by atoms with van der Waals surface area (Å²) in [7, 11) is -9.43. The number of ketones is 4. The molecule has 3 aliphatic rings. The normalized spacial score (nSPS) is 14.7. The summed E-state index contributed by atoms with van der Waals surface area (Å²) < 4.78 is 66.3. The lowest BCUT2D eigenvalue weighted by Gasteiger charge is -2.28. The molecular formula is C49H42N10O10S2. The zero-order valence-electron chi connectivity index (χ0n) is 37.1. The first-order valence-electron chi connectivity index (χ1n) is 22.0. The maximum absolute atomic E-state index is 14.0. The number of nitrogens with one attached hydrogen (secondary N) is 5. The molecule has 1 aromatic heterocycles. The van der Waals surface area contributed by atoms with E-state index >= 15 is 0 Å². The standard InChI is InChI=1S/C49H42N10O10S2/c50-41-35(70(64,65)66)22-33(37-39(41)45(62)31-18-6-4-16-29(31)43(37)60)52-25-12-8-14-27(20-25)55-48-57-47(54-24-10-2-1-3-11-24)58-49(59-48)56-28-15-9-13-26(21-28)53-34-23-36(71(67,68)69)42(51)40-38(34)44(61)30-17-5-7-19-32(30)46(40)63/h4-9,12-24,52-53,64-66H,1-3,10-11,50-51H2,(H,67,68,69)(H3,54,55,56,57,58,59). The van der Waals surface area contributed by atoms with Crippen LogP contribution in [0.1, 0.15) is 95.8 Å². The molecule has 7 aromatic rings.